The number of nitrogens with zero attached hydrogens (tertiary/aromatic N) is 12. The van der Waals surface area contributed by atoms with Crippen molar-refractivity contribution >= 4 is 17.9 Å². The lowest BCUT2D eigenvalue weighted by atomic mass is 10.1. The fourth-order valence-corrected chi connectivity index (χ4v) is 15.8. The van der Waals surface area contributed by atoms with Gasteiger partial charge in [0.05, 0.1) is 92.0 Å². The summed E-state index contributed by atoms with van der Waals surface area (Å²) < 4.78 is 60.6. The normalized spacial score (nSPS) is 11.3. The molecule has 10 aromatic rings. The zero-order valence-corrected chi connectivity index (χ0v) is 80.3. The number of esters is 3. The molecule has 0 spiro atoms. The minimum atomic E-state index is -0.542. The van der Waals surface area contributed by atoms with Crippen LogP contribution in [0.1, 0.15) is 381 Å². The summed E-state index contributed by atoms with van der Waals surface area (Å²) in [5.74, 6) is 3.16. The Bertz CT molecular complexity index is 4390. The van der Waals surface area contributed by atoms with Gasteiger partial charge in [0.2, 0.25) is 0 Å². The molecule has 24 heteroatoms. The fourth-order valence-electron chi connectivity index (χ4n) is 15.8. The molecule has 6 aromatic carbocycles. The van der Waals surface area contributed by atoms with Crippen LogP contribution in [0.4, 0.5) is 0 Å². The molecule has 10 rings (SSSR count). The second-order valence-electron chi connectivity index (χ2n) is 35.0. The Morgan fingerprint density at radius 1 is 0.227 bits per heavy atom. The van der Waals surface area contributed by atoms with Crippen LogP contribution in [0, 0.1) is 0 Å². The second kappa shape index (κ2) is 61.6. The zero-order chi connectivity index (χ0) is 92.5. The summed E-state index contributed by atoms with van der Waals surface area (Å²) in [5.41, 5.74) is 3.64. The van der Waals surface area contributed by atoms with Crippen molar-refractivity contribution in [1.29, 1.82) is 0 Å². The van der Waals surface area contributed by atoms with Crippen molar-refractivity contribution in [2.45, 2.75) is 350 Å². The second-order valence-corrected chi connectivity index (χ2v) is 35.0. The highest BCUT2D eigenvalue weighted by molar-refractivity contribution is 5.93. The van der Waals surface area contributed by atoms with Crippen LogP contribution in [0.3, 0.4) is 0 Å². The number of hydrogen-bond acceptors (Lipinski definition) is 21. The maximum atomic E-state index is 13.9. The Morgan fingerprint density at radius 3 is 0.621 bits per heavy atom. The number of aromatic nitrogens is 12. The molecule has 0 aliphatic carbocycles. The van der Waals surface area contributed by atoms with Gasteiger partial charge in [-0.1, -0.05) is 327 Å². The van der Waals surface area contributed by atoms with Gasteiger partial charge < -0.3 is 42.6 Å². The van der Waals surface area contributed by atoms with Crippen molar-refractivity contribution in [2.75, 3.05) is 39.6 Å². The van der Waals surface area contributed by atoms with Gasteiger partial charge in [-0.2, -0.15) is 0 Å². The molecule has 0 unspecified atom stereocenters. The van der Waals surface area contributed by atoms with Crippen molar-refractivity contribution in [1.82, 2.24) is 59.9 Å². The molecule has 714 valence electrons. The molecule has 132 heavy (non-hydrogen) atoms. The highest BCUT2D eigenvalue weighted by Crippen LogP contribution is 2.36. The van der Waals surface area contributed by atoms with E-state index in [1.807, 2.05) is 18.2 Å². The number of carbonyl (C=O) groups is 3. The van der Waals surface area contributed by atoms with Crippen LogP contribution in [-0.4, -0.2) is 117 Å². The molecule has 0 fully saturated rings. The van der Waals surface area contributed by atoms with Gasteiger partial charge in [0.25, 0.3) is 0 Å². The number of carbonyl (C=O) groups excluding carboxylic acids is 3. The SMILES string of the molecule is CCCCCCCCCCOc1ccc(C(=O)Oc2ccc(-n3cc(-c4nc(-c5cn(-c6ccc(OC(=O)c7ccc(OCCCCCCCCCC)c(OCCCCCCCCCC)c7)cc6)nn5)nc(-c5cn(-c6ccc(OC(=O)c7ccc(OCCCCCCCCCC)c(OCCCCCCCCCC)c7)cc6)nn5)n4)nn3)cc2)cc1OCCCCCCCCCC. The summed E-state index contributed by atoms with van der Waals surface area (Å²) >= 11 is 0. The maximum Gasteiger partial charge on any atom is 0.343 e. The van der Waals surface area contributed by atoms with E-state index in [0.717, 1.165) is 77.0 Å². The Kier molecular flexibility index (Phi) is 48.1. The summed E-state index contributed by atoms with van der Waals surface area (Å²) in [6.45, 7) is 16.7. The van der Waals surface area contributed by atoms with Crippen LogP contribution in [0.15, 0.2) is 146 Å². The van der Waals surface area contributed by atoms with E-state index < -0.39 is 17.9 Å². The van der Waals surface area contributed by atoms with Gasteiger partial charge in [-0.15, -0.1) is 15.3 Å². The molecule has 0 bridgehead atoms. The average Bonchev–Trinajstić information content (AvgIpc) is 1.62. The number of rotatable bonds is 72. The predicted molar refractivity (Wildman–Crippen MR) is 524 cm³/mol. The Morgan fingerprint density at radius 2 is 0.417 bits per heavy atom. The summed E-state index contributed by atoms with van der Waals surface area (Å²) in [6.07, 6.45) is 62.1. The van der Waals surface area contributed by atoms with E-state index in [2.05, 4.69) is 72.5 Å². The first-order valence-electron chi connectivity index (χ1n) is 50.7. The molecule has 0 radical (unpaired) electrons. The van der Waals surface area contributed by atoms with Crippen LogP contribution in [0.5, 0.6) is 51.7 Å². The number of benzene rings is 6. The molecule has 0 aliphatic heterocycles. The van der Waals surface area contributed by atoms with E-state index in [1.54, 1.807) is 142 Å². The third-order valence-corrected chi connectivity index (χ3v) is 23.8. The summed E-state index contributed by atoms with van der Waals surface area (Å²) in [4.78, 5) is 56.6. The third-order valence-electron chi connectivity index (χ3n) is 23.8. The lowest BCUT2D eigenvalue weighted by Crippen LogP contribution is -2.10. The molecular formula is C108H150N12O12. The molecule has 24 nitrogen and oxygen atoms in total. The Balaban J connectivity index is 0.844. The van der Waals surface area contributed by atoms with Gasteiger partial charge >= 0.3 is 17.9 Å². The van der Waals surface area contributed by atoms with Crippen LogP contribution in [0.2, 0.25) is 0 Å². The minimum Gasteiger partial charge on any atom is -0.490 e. The minimum absolute atomic E-state index is 0.130. The number of unbranched alkanes of at least 4 members (excludes halogenated alkanes) is 42. The Labute approximate surface area is 785 Å². The van der Waals surface area contributed by atoms with E-state index >= 15 is 0 Å². The average molecular weight is 1810 g/mol. The van der Waals surface area contributed by atoms with Crippen molar-refractivity contribution < 1.29 is 57.0 Å². The smallest absolute Gasteiger partial charge is 0.343 e. The molecule has 0 saturated heterocycles. The highest BCUT2D eigenvalue weighted by Gasteiger charge is 2.24. The first-order valence-corrected chi connectivity index (χ1v) is 50.7. The van der Waals surface area contributed by atoms with E-state index in [-0.39, 0.29) is 34.6 Å². The summed E-state index contributed by atoms with van der Waals surface area (Å²) in [7, 11) is 0. The van der Waals surface area contributed by atoms with E-state index in [0.29, 0.717) is 125 Å². The number of hydrogen-bond donors (Lipinski definition) is 0. The van der Waals surface area contributed by atoms with Gasteiger partial charge in [-0.25, -0.2) is 43.4 Å². The fraction of sp³-hybridized carbons (Fsp3) is 0.556. The Hall–Kier alpha value is -11.0. The van der Waals surface area contributed by atoms with Crippen molar-refractivity contribution in [3.05, 3.63) is 163 Å². The molecule has 0 saturated carbocycles. The summed E-state index contributed by atoms with van der Waals surface area (Å²) in [6, 6.07) is 36.5. The maximum absolute atomic E-state index is 13.9. The van der Waals surface area contributed by atoms with Crippen molar-refractivity contribution in [3.63, 3.8) is 0 Å². The molecule has 4 aromatic heterocycles. The van der Waals surface area contributed by atoms with Crippen LogP contribution in [0.25, 0.3) is 51.6 Å². The quantitative estimate of drug-likeness (QED) is 0.0195. The van der Waals surface area contributed by atoms with Gasteiger partial charge in [0.1, 0.15) is 17.2 Å². The first kappa shape index (κ1) is 103. The lowest BCUT2D eigenvalue weighted by molar-refractivity contribution is 0.0724. The monoisotopic (exact) mass is 1810 g/mol. The molecule has 0 atom stereocenters. The van der Waals surface area contributed by atoms with Crippen molar-refractivity contribution in [3.8, 4) is 103 Å². The molecule has 4 heterocycles. The van der Waals surface area contributed by atoms with Gasteiger partial charge in [0.15, 0.2) is 69.1 Å². The van der Waals surface area contributed by atoms with E-state index in [9.17, 15) is 14.4 Å². The van der Waals surface area contributed by atoms with Gasteiger partial charge in [0, 0.05) is 0 Å². The predicted octanol–water partition coefficient (Wildman–Crippen LogP) is 28.4. The standard InChI is InChI=1S/C108H150N12O12/c1-7-13-19-25-31-37-43-49-73-124-97-70-55-85(79-100(97)127-76-52-46-40-34-28-22-16-10-4)106(121)130-91-64-58-88(59-65-91)118-82-94(112-115-118)103-109-104(95-83-119(116-113-95)89-60-66-92(67-61-89)131-107(122)86-56-71-98(125-74-50-44-38-32-26-20-14-8-2)101(80-86)128-77-53-47-41-35-29-23-17-11-5)111-105(110-103)96-84-120(117-114-96)90-62-68-93(69-63-90)132-108(123)87-57-72-99(126-75-51-45-39-33-27-21-15-9-3)102(81-87)129-78-54-48-42-36-30-24-18-12-6/h55-72,79-84H,7-54,73-78H2,1-6H3. The van der Waals surface area contributed by atoms with Gasteiger partial charge in [-0.05, 0) is 166 Å². The first-order chi connectivity index (χ1) is 65.0. The summed E-state index contributed by atoms with van der Waals surface area (Å²) in [5, 5.41) is 27.2. The van der Waals surface area contributed by atoms with Crippen LogP contribution in [-0.2, 0) is 0 Å². The van der Waals surface area contributed by atoms with Gasteiger partial charge in [-0.3, -0.25) is 0 Å². The lowest BCUT2D eigenvalue weighted by Gasteiger charge is -2.14. The molecule has 0 amide bonds. The highest BCUT2D eigenvalue weighted by atomic mass is 16.6. The van der Waals surface area contributed by atoms with E-state index in [1.165, 1.54) is 231 Å². The van der Waals surface area contributed by atoms with Crippen LogP contribution < -0.4 is 42.6 Å². The molecular weight excluding hydrogens is 1660 g/mol. The van der Waals surface area contributed by atoms with Crippen LogP contribution >= 0.6 is 0 Å². The largest absolute Gasteiger partial charge is 0.490 e. The van der Waals surface area contributed by atoms with E-state index in [4.69, 9.17) is 57.6 Å². The third kappa shape index (κ3) is 37.2. The molecule has 0 aliphatic rings. The van der Waals surface area contributed by atoms with Crippen molar-refractivity contribution in [2.24, 2.45) is 0 Å². The molecule has 0 N–H and O–H groups in total. The zero-order valence-electron chi connectivity index (χ0n) is 80.3. The topological polar surface area (TPSA) is 265 Å². The number of ether oxygens (including phenoxy) is 9.